The van der Waals surface area contributed by atoms with Gasteiger partial charge in [0, 0.05) is 31.9 Å². The van der Waals surface area contributed by atoms with Crippen LogP contribution < -0.4 is 5.32 Å². The van der Waals surface area contributed by atoms with Gasteiger partial charge in [-0.25, -0.2) is 9.78 Å². The van der Waals surface area contributed by atoms with Crippen molar-refractivity contribution < 1.29 is 4.79 Å². The van der Waals surface area contributed by atoms with Crippen molar-refractivity contribution in [1.82, 2.24) is 14.8 Å². The molecule has 17 heavy (non-hydrogen) atoms. The van der Waals surface area contributed by atoms with Gasteiger partial charge in [0.1, 0.15) is 5.82 Å². The molecule has 1 fully saturated rings. The Labute approximate surface area is 101 Å². The summed E-state index contributed by atoms with van der Waals surface area (Å²) in [4.78, 5) is 20.2. The van der Waals surface area contributed by atoms with Crippen LogP contribution >= 0.6 is 0 Å². The molecule has 2 amide bonds. The third-order valence-electron chi connectivity index (χ3n) is 2.91. The average molecular weight is 234 g/mol. The molecule has 1 N–H and O–H groups in total. The van der Waals surface area contributed by atoms with Gasteiger partial charge in [-0.05, 0) is 26.1 Å². The molecule has 0 aliphatic carbocycles. The van der Waals surface area contributed by atoms with E-state index in [1.807, 2.05) is 24.0 Å². The molecule has 92 valence electrons. The average Bonchev–Trinajstić information content (AvgIpc) is 2.29. The number of nitrogens with one attached hydrogen (secondary N) is 1. The second-order valence-corrected chi connectivity index (χ2v) is 4.38. The van der Waals surface area contributed by atoms with Crippen LogP contribution in [0, 0.1) is 6.92 Å². The quantitative estimate of drug-likeness (QED) is 0.793. The van der Waals surface area contributed by atoms with Crippen molar-refractivity contribution in [1.29, 1.82) is 0 Å². The predicted octanol–water partition coefficient (Wildman–Crippen LogP) is 1.17. The van der Waals surface area contributed by atoms with Gasteiger partial charge in [-0.3, -0.25) is 5.32 Å². The van der Waals surface area contributed by atoms with Gasteiger partial charge in [0.25, 0.3) is 0 Å². The monoisotopic (exact) mass is 234 g/mol. The molecule has 0 aromatic carbocycles. The van der Waals surface area contributed by atoms with E-state index >= 15 is 0 Å². The molecule has 2 rings (SSSR count). The van der Waals surface area contributed by atoms with Crippen molar-refractivity contribution in [2.45, 2.75) is 6.92 Å². The molecule has 1 aromatic rings. The van der Waals surface area contributed by atoms with Crippen LogP contribution in [0.25, 0.3) is 0 Å². The molecule has 5 nitrogen and oxygen atoms in total. The minimum Gasteiger partial charge on any atom is -0.322 e. The minimum atomic E-state index is -0.0591. The minimum absolute atomic E-state index is 0.0591. The first-order valence-electron chi connectivity index (χ1n) is 5.83. The summed E-state index contributed by atoms with van der Waals surface area (Å²) in [6, 6.07) is 5.55. The highest BCUT2D eigenvalue weighted by Crippen LogP contribution is 2.07. The summed E-state index contributed by atoms with van der Waals surface area (Å²) >= 11 is 0. The number of urea groups is 1. The zero-order valence-electron chi connectivity index (χ0n) is 10.3. The highest BCUT2D eigenvalue weighted by Gasteiger charge is 2.18. The van der Waals surface area contributed by atoms with Crippen LogP contribution in [0.4, 0.5) is 10.6 Å². The first-order valence-corrected chi connectivity index (χ1v) is 5.83. The maximum absolute atomic E-state index is 11.9. The van der Waals surface area contributed by atoms with Gasteiger partial charge >= 0.3 is 6.03 Å². The molecule has 2 heterocycles. The zero-order valence-corrected chi connectivity index (χ0v) is 10.3. The zero-order chi connectivity index (χ0) is 12.3. The van der Waals surface area contributed by atoms with Gasteiger partial charge < -0.3 is 9.80 Å². The largest absolute Gasteiger partial charge is 0.323 e. The molecule has 5 heteroatoms. The fraction of sp³-hybridized carbons (Fsp3) is 0.500. The summed E-state index contributed by atoms with van der Waals surface area (Å²) in [7, 11) is 2.07. The van der Waals surface area contributed by atoms with E-state index in [1.165, 1.54) is 0 Å². The van der Waals surface area contributed by atoms with Gasteiger partial charge in [0.15, 0.2) is 0 Å². The maximum Gasteiger partial charge on any atom is 0.323 e. The molecular weight excluding hydrogens is 216 g/mol. The number of carbonyl (C=O) groups excluding carboxylic acids is 1. The lowest BCUT2D eigenvalue weighted by Gasteiger charge is -2.32. The van der Waals surface area contributed by atoms with Crippen LogP contribution in [0.3, 0.4) is 0 Å². The number of carbonyl (C=O) groups is 1. The highest BCUT2D eigenvalue weighted by molar-refractivity contribution is 5.88. The first kappa shape index (κ1) is 11.9. The third-order valence-corrected chi connectivity index (χ3v) is 2.91. The Bertz CT molecular complexity index is 399. The molecule has 0 spiro atoms. The Hall–Kier alpha value is -1.62. The van der Waals surface area contributed by atoms with E-state index in [4.69, 9.17) is 0 Å². The molecule has 1 aliphatic heterocycles. The van der Waals surface area contributed by atoms with Crippen molar-refractivity contribution in [3.63, 3.8) is 0 Å². The summed E-state index contributed by atoms with van der Waals surface area (Å²) in [6.07, 6.45) is 0. The second-order valence-electron chi connectivity index (χ2n) is 4.38. The van der Waals surface area contributed by atoms with E-state index in [-0.39, 0.29) is 6.03 Å². The number of hydrogen-bond acceptors (Lipinski definition) is 3. The van der Waals surface area contributed by atoms with Crippen LogP contribution in [-0.2, 0) is 0 Å². The molecule has 1 aliphatic rings. The molecular formula is C12H18N4O. The number of nitrogens with zero attached hydrogens (tertiary/aromatic N) is 3. The van der Waals surface area contributed by atoms with Crippen LogP contribution in [0.5, 0.6) is 0 Å². The molecule has 0 bridgehead atoms. The van der Waals surface area contributed by atoms with Crippen molar-refractivity contribution >= 4 is 11.8 Å². The predicted molar refractivity (Wildman–Crippen MR) is 67.1 cm³/mol. The van der Waals surface area contributed by atoms with E-state index in [0.29, 0.717) is 5.82 Å². The Morgan fingerprint density at radius 3 is 2.65 bits per heavy atom. The van der Waals surface area contributed by atoms with Crippen LogP contribution in [-0.4, -0.2) is 54.0 Å². The van der Waals surface area contributed by atoms with Gasteiger partial charge in [0.2, 0.25) is 0 Å². The summed E-state index contributed by atoms with van der Waals surface area (Å²) in [5.74, 6) is 0.619. The molecule has 1 saturated heterocycles. The fourth-order valence-electron chi connectivity index (χ4n) is 1.81. The Morgan fingerprint density at radius 1 is 1.29 bits per heavy atom. The maximum atomic E-state index is 11.9. The summed E-state index contributed by atoms with van der Waals surface area (Å²) in [5, 5.41) is 2.82. The molecule has 0 unspecified atom stereocenters. The van der Waals surface area contributed by atoms with Crippen LogP contribution in [0.2, 0.25) is 0 Å². The van der Waals surface area contributed by atoms with Crippen molar-refractivity contribution in [2.75, 3.05) is 38.5 Å². The van der Waals surface area contributed by atoms with Crippen LogP contribution in [0.15, 0.2) is 18.2 Å². The Kier molecular flexibility index (Phi) is 3.58. The summed E-state index contributed by atoms with van der Waals surface area (Å²) in [6.45, 7) is 5.30. The van der Waals surface area contributed by atoms with Gasteiger partial charge in [-0.15, -0.1) is 0 Å². The standard InChI is InChI=1S/C12H18N4O/c1-10-4-3-5-11(13-10)14-12(17)16-8-6-15(2)7-9-16/h3-5H,6-9H2,1-2H3,(H,13,14,17). The smallest absolute Gasteiger partial charge is 0.322 e. The summed E-state index contributed by atoms with van der Waals surface area (Å²) < 4.78 is 0. The molecule has 1 aromatic heterocycles. The van der Waals surface area contributed by atoms with Gasteiger partial charge in [-0.2, -0.15) is 0 Å². The number of amides is 2. The molecule has 0 atom stereocenters. The first-order chi connectivity index (χ1) is 8.15. The molecule has 0 radical (unpaired) electrons. The van der Waals surface area contributed by atoms with E-state index < -0.39 is 0 Å². The van der Waals surface area contributed by atoms with Crippen molar-refractivity contribution in [3.05, 3.63) is 23.9 Å². The number of rotatable bonds is 1. The van der Waals surface area contributed by atoms with Crippen LogP contribution in [0.1, 0.15) is 5.69 Å². The van der Waals surface area contributed by atoms with Gasteiger partial charge in [0.05, 0.1) is 0 Å². The number of piperazine rings is 1. The van der Waals surface area contributed by atoms with Gasteiger partial charge in [-0.1, -0.05) is 6.07 Å². The van der Waals surface area contributed by atoms with Crippen molar-refractivity contribution in [3.8, 4) is 0 Å². The number of aryl methyl sites for hydroxylation is 1. The third kappa shape index (κ3) is 3.17. The fourth-order valence-corrected chi connectivity index (χ4v) is 1.81. The highest BCUT2D eigenvalue weighted by atomic mass is 16.2. The lowest BCUT2D eigenvalue weighted by atomic mass is 10.3. The number of hydrogen-bond donors (Lipinski definition) is 1. The number of anilines is 1. The number of pyridine rings is 1. The lowest BCUT2D eigenvalue weighted by molar-refractivity contribution is 0.164. The summed E-state index contributed by atoms with van der Waals surface area (Å²) in [5.41, 5.74) is 0.904. The Balaban J connectivity index is 1.93. The lowest BCUT2D eigenvalue weighted by Crippen LogP contribution is -2.48. The Morgan fingerprint density at radius 2 is 2.00 bits per heavy atom. The topological polar surface area (TPSA) is 48.5 Å². The SMILES string of the molecule is Cc1cccc(NC(=O)N2CCN(C)CC2)n1. The molecule has 0 saturated carbocycles. The van der Waals surface area contributed by atoms with E-state index in [1.54, 1.807) is 6.07 Å². The van der Waals surface area contributed by atoms with E-state index in [9.17, 15) is 4.79 Å². The van der Waals surface area contributed by atoms with Crippen molar-refractivity contribution in [2.24, 2.45) is 0 Å². The number of likely N-dealkylation sites (N-methyl/N-ethyl adjacent to an activating group) is 1. The van der Waals surface area contributed by atoms with E-state index in [2.05, 4.69) is 22.2 Å². The number of aromatic nitrogens is 1. The normalized spacial score (nSPS) is 16.9. The second kappa shape index (κ2) is 5.14. The van der Waals surface area contributed by atoms with E-state index in [0.717, 1.165) is 31.9 Å².